The molecule has 0 aliphatic heterocycles. The van der Waals surface area contributed by atoms with E-state index in [1.165, 1.54) is 0 Å². The summed E-state index contributed by atoms with van der Waals surface area (Å²) >= 11 is 0. The maximum atomic E-state index is 5.39. The predicted molar refractivity (Wildman–Crippen MR) is 91.8 cm³/mol. The third-order valence-electron chi connectivity index (χ3n) is 3.68. The molecule has 4 heteroatoms. The maximum Gasteiger partial charge on any atom is 0.161 e. The summed E-state index contributed by atoms with van der Waals surface area (Å²) < 4.78 is 21.4. The molecule has 0 fully saturated rings. The van der Waals surface area contributed by atoms with Crippen LogP contribution in [-0.4, -0.2) is 28.4 Å². The lowest BCUT2D eigenvalue weighted by Gasteiger charge is -2.14. The second kappa shape index (κ2) is 7.58. The van der Waals surface area contributed by atoms with Gasteiger partial charge in [-0.3, -0.25) is 0 Å². The number of hydrogen-bond acceptors (Lipinski definition) is 4. The highest BCUT2D eigenvalue weighted by Gasteiger charge is 2.12. The van der Waals surface area contributed by atoms with Crippen LogP contribution in [0.2, 0.25) is 0 Å². The lowest BCUT2D eigenvalue weighted by Crippen LogP contribution is -1.95. The number of ether oxygens (including phenoxy) is 4. The van der Waals surface area contributed by atoms with E-state index in [4.69, 9.17) is 18.9 Å². The highest BCUT2D eigenvalue weighted by Crippen LogP contribution is 2.36. The van der Waals surface area contributed by atoms with Crippen LogP contribution in [0, 0.1) is 0 Å². The highest BCUT2D eigenvalue weighted by molar-refractivity contribution is 5.81. The standard InChI is InChI=1S/C19H22O4/c1-6-15(13-7-9-16(20-2)18(11-13)22-4)14-8-10-17(21-3)19(12-14)23-5/h6-12H,1-5H3. The molecule has 0 saturated carbocycles. The number of allylic oxidation sites excluding steroid dienone is 1. The molecule has 0 bridgehead atoms. The van der Waals surface area contributed by atoms with Crippen LogP contribution in [0.5, 0.6) is 23.0 Å². The van der Waals surface area contributed by atoms with Crippen molar-refractivity contribution >= 4 is 5.57 Å². The monoisotopic (exact) mass is 314 g/mol. The molecule has 23 heavy (non-hydrogen) atoms. The van der Waals surface area contributed by atoms with E-state index in [0.29, 0.717) is 23.0 Å². The number of hydrogen-bond donors (Lipinski definition) is 0. The zero-order valence-electron chi connectivity index (χ0n) is 14.2. The van der Waals surface area contributed by atoms with Gasteiger partial charge in [0, 0.05) is 0 Å². The van der Waals surface area contributed by atoms with Crippen molar-refractivity contribution in [2.45, 2.75) is 6.92 Å². The minimum atomic E-state index is 0.699. The van der Waals surface area contributed by atoms with Crippen molar-refractivity contribution in [3.63, 3.8) is 0 Å². The molecule has 0 heterocycles. The van der Waals surface area contributed by atoms with E-state index in [1.54, 1.807) is 28.4 Å². The molecule has 2 rings (SSSR count). The Bertz CT molecular complexity index is 647. The Labute approximate surface area is 137 Å². The summed E-state index contributed by atoms with van der Waals surface area (Å²) in [6, 6.07) is 11.7. The van der Waals surface area contributed by atoms with Crippen LogP contribution in [0.25, 0.3) is 5.57 Å². The molecule has 0 aromatic heterocycles. The van der Waals surface area contributed by atoms with Gasteiger partial charge in [0.25, 0.3) is 0 Å². The van der Waals surface area contributed by atoms with Crippen LogP contribution in [-0.2, 0) is 0 Å². The van der Waals surface area contributed by atoms with Gasteiger partial charge in [0.05, 0.1) is 28.4 Å². The predicted octanol–water partition coefficient (Wildman–Crippen LogP) is 4.17. The molecule has 0 spiro atoms. The van der Waals surface area contributed by atoms with Gasteiger partial charge in [-0.05, 0) is 47.9 Å². The van der Waals surface area contributed by atoms with Crippen LogP contribution in [0.15, 0.2) is 42.5 Å². The Kier molecular flexibility index (Phi) is 5.52. The molecule has 2 aromatic carbocycles. The average molecular weight is 314 g/mol. The largest absolute Gasteiger partial charge is 0.493 e. The Morgan fingerprint density at radius 1 is 0.652 bits per heavy atom. The van der Waals surface area contributed by atoms with Crippen molar-refractivity contribution in [1.29, 1.82) is 0 Å². The second-order valence-corrected chi connectivity index (χ2v) is 4.84. The van der Waals surface area contributed by atoms with Crippen molar-refractivity contribution in [3.05, 3.63) is 53.6 Å². The Hall–Kier alpha value is -2.62. The van der Waals surface area contributed by atoms with Crippen LogP contribution >= 0.6 is 0 Å². The first-order valence-electron chi connectivity index (χ1n) is 7.29. The fraction of sp³-hybridized carbons (Fsp3) is 0.263. The average Bonchev–Trinajstić information content (AvgIpc) is 2.61. The van der Waals surface area contributed by atoms with Gasteiger partial charge in [-0.1, -0.05) is 18.2 Å². The second-order valence-electron chi connectivity index (χ2n) is 4.84. The van der Waals surface area contributed by atoms with E-state index in [-0.39, 0.29) is 0 Å². The van der Waals surface area contributed by atoms with E-state index in [1.807, 2.05) is 43.3 Å². The summed E-state index contributed by atoms with van der Waals surface area (Å²) in [5.41, 5.74) is 3.15. The lowest BCUT2D eigenvalue weighted by molar-refractivity contribution is 0.354. The first kappa shape index (κ1) is 16.7. The van der Waals surface area contributed by atoms with Crippen LogP contribution in [0.4, 0.5) is 0 Å². The molecule has 0 aliphatic rings. The molecule has 0 atom stereocenters. The topological polar surface area (TPSA) is 36.9 Å². The smallest absolute Gasteiger partial charge is 0.161 e. The van der Waals surface area contributed by atoms with Crippen molar-refractivity contribution in [1.82, 2.24) is 0 Å². The van der Waals surface area contributed by atoms with Gasteiger partial charge in [0.2, 0.25) is 0 Å². The summed E-state index contributed by atoms with van der Waals surface area (Å²) in [7, 11) is 6.52. The molecule has 122 valence electrons. The van der Waals surface area contributed by atoms with Crippen molar-refractivity contribution in [2.24, 2.45) is 0 Å². The van der Waals surface area contributed by atoms with Gasteiger partial charge in [-0.25, -0.2) is 0 Å². The van der Waals surface area contributed by atoms with Crippen LogP contribution in [0.1, 0.15) is 18.1 Å². The summed E-state index contributed by atoms with van der Waals surface area (Å²) in [5.74, 6) is 2.81. The van der Waals surface area contributed by atoms with Crippen molar-refractivity contribution in [2.75, 3.05) is 28.4 Å². The fourth-order valence-corrected chi connectivity index (χ4v) is 2.51. The maximum absolute atomic E-state index is 5.39. The summed E-state index contributed by atoms with van der Waals surface area (Å²) in [4.78, 5) is 0. The van der Waals surface area contributed by atoms with Crippen LogP contribution in [0.3, 0.4) is 0 Å². The van der Waals surface area contributed by atoms with E-state index in [0.717, 1.165) is 16.7 Å². The van der Waals surface area contributed by atoms with Gasteiger partial charge >= 0.3 is 0 Å². The minimum Gasteiger partial charge on any atom is -0.493 e. The molecule has 0 N–H and O–H groups in total. The van der Waals surface area contributed by atoms with E-state index in [2.05, 4.69) is 6.08 Å². The Balaban J connectivity index is 2.48. The zero-order valence-corrected chi connectivity index (χ0v) is 14.2. The molecule has 0 radical (unpaired) electrons. The van der Waals surface area contributed by atoms with Crippen molar-refractivity contribution < 1.29 is 18.9 Å². The summed E-state index contributed by atoms with van der Waals surface area (Å²) in [6.07, 6.45) is 2.06. The number of methoxy groups -OCH3 is 4. The Morgan fingerprint density at radius 3 is 1.35 bits per heavy atom. The molecule has 0 aliphatic carbocycles. The van der Waals surface area contributed by atoms with Crippen molar-refractivity contribution in [3.8, 4) is 23.0 Å². The third kappa shape index (κ3) is 3.42. The SMILES string of the molecule is CC=C(c1ccc(OC)c(OC)c1)c1ccc(OC)c(OC)c1. The number of rotatable bonds is 6. The van der Waals surface area contributed by atoms with Gasteiger partial charge < -0.3 is 18.9 Å². The highest BCUT2D eigenvalue weighted by atomic mass is 16.5. The molecule has 2 aromatic rings. The Morgan fingerprint density at radius 2 is 1.04 bits per heavy atom. The number of benzene rings is 2. The van der Waals surface area contributed by atoms with Gasteiger partial charge in [-0.2, -0.15) is 0 Å². The molecule has 0 saturated heterocycles. The zero-order chi connectivity index (χ0) is 16.8. The first-order chi connectivity index (χ1) is 11.2. The van der Waals surface area contributed by atoms with Gasteiger partial charge in [0.1, 0.15) is 0 Å². The fourth-order valence-electron chi connectivity index (χ4n) is 2.51. The molecule has 4 nitrogen and oxygen atoms in total. The normalized spacial score (nSPS) is 9.96. The summed E-state index contributed by atoms with van der Waals surface area (Å²) in [5, 5.41) is 0. The van der Waals surface area contributed by atoms with Gasteiger partial charge in [0.15, 0.2) is 23.0 Å². The quantitative estimate of drug-likeness (QED) is 0.802. The minimum absolute atomic E-state index is 0.699. The molecular weight excluding hydrogens is 292 g/mol. The summed E-state index contributed by atoms with van der Waals surface area (Å²) in [6.45, 7) is 2.00. The van der Waals surface area contributed by atoms with Crippen LogP contribution < -0.4 is 18.9 Å². The third-order valence-corrected chi connectivity index (χ3v) is 3.68. The molecule has 0 unspecified atom stereocenters. The van der Waals surface area contributed by atoms with E-state index in [9.17, 15) is 0 Å². The first-order valence-corrected chi connectivity index (χ1v) is 7.29. The molecule has 0 amide bonds. The molecular formula is C19H22O4. The van der Waals surface area contributed by atoms with E-state index >= 15 is 0 Å². The van der Waals surface area contributed by atoms with E-state index < -0.39 is 0 Å². The lowest BCUT2D eigenvalue weighted by atomic mass is 9.97. The van der Waals surface area contributed by atoms with Gasteiger partial charge in [-0.15, -0.1) is 0 Å².